The average molecular weight is 359 g/mol. The highest BCUT2D eigenvalue weighted by Gasteiger charge is 2.18. The summed E-state index contributed by atoms with van der Waals surface area (Å²) in [6.45, 7) is 0.607. The third-order valence-corrected chi connectivity index (χ3v) is 4.55. The molecule has 0 radical (unpaired) electrons. The van der Waals surface area contributed by atoms with Crippen LogP contribution in [0, 0.1) is 0 Å². The molecule has 27 heavy (non-hydrogen) atoms. The molecule has 3 aromatic rings. The number of rotatable bonds is 6. The molecule has 0 fully saturated rings. The first kappa shape index (κ1) is 17.2. The van der Waals surface area contributed by atoms with Crippen LogP contribution >= 0.6 is 0 Å². The molecule has 6 heteroatoms. The molecule has 4 N–H and O–H groups in total. The number of anilines is 2. The van der Waals surface area contributed by atoms with Crippen LogP contribution in [0.1, 0.15) is 11.1 Å². The highest BCUT2D eigenvalue weighted by atomic mass is 16.1. The Hall–Kier alpha value is -3.25. The molecule has 4 rings (SSSR count). The molecule has 1 aromatic heterocycles. The van der Waals surface area contributed by atoms with Gasteiger partial charge in [0, 0.05) is 23.8 Å². The van der Waals surface area contributed by atoms with Gasteiger partial charge in [-0.05, 0) is 29.7 Å². The van der Waals surface area contributed by atoms with Crippen LogP contribution in [0.25, 0.3) is 11.3 Å². The highest BCUT2D eigenvalue weighted by molar-refractivity contribution is 5.99. The van der Waals surface area contributed by atoms with Crippen LogP contribution in [0.3, 0.4) is 0 Å². The number of hydrogen-bond donors (Lipinski definition) is 3. The molecule has 1 aliphatic rings. The lowest BCUT2D eigenvalue weighted by Gasteiger charge is -2.13. The lowest BCUT2D eigenvalue weighted by Crippen LogP contribution is -2.31. The van der Waals surface area contributed by atoms with Gasteiger partial charge in [-0.15, -0.1) is 0 Å². The molecule has 6 nitrogen and oxygen atoms in total. The van der Waals surface area contributed by atoms with Gasteiger partial charge in [0.05, 0.1) is 24.5 Å². The molecular weight excluding hydrogens is 338 g/mol. The van der Waals surface area contributed by atoms with Gasteiger partial charge in [-0.3, -0.25) is 9.78 Å². The fraction of sp³-hybridized carbons (Fsp3) is 0.190. The molecule has 0 saturated carbocycles. The van der Waals surface area contributed by atoms with Gasteiger partial charge in [0.15, 0.2) is 0 Å². The van der Waals surface area contributed by atoms with Crippen LogP contribution < -0.4 is 16.4 Å². The molecule has 1 amide bonds. The average Bonchev–Trinajstić information content (AvgIpc) is 3.06. The third kappa shape index (κ3) is 4.12. The smallest absolute Gasteiger partial charge is 0.228 e. The first-order valence-corrected chi connectivity index (χ1v) is 8.96. The molecular formula is C21H21N5O. The van der Waals surface area contributed by atoms with Crippen molar-refractivity contribution in [3.8, 4) is 11.3 Å². The maximum atomic E-state index is 11.5. The maximum Gasteiger partial charge on any atom is 0.228 e. The Morgan fingerprint density at radius 2 is 2.00 bits per heavy atom. The maximum absolute atomic E-state index is 11.5. The van der Waals surface area contributed by atoms with Gasteiger partial charge < -0.3 is 16.4 Å². The highest BCUT2D eigenvalue weighted by Crippen LogP contribution is 2.28. The van der Waals surface area contributed by atoms with Crippen LogP contribution in [0.5, 0.6) is 0 Å². The second-order valence-corrected chi connectivity index (χ2v) is 6.72. The number of benzene rings is 2. The second-order valence-electron chi connectivity index (χ2n) is 6.72. The lowest BCUT2D eigenvalue weighted by atomic mass is 10.1. The summed E-state index contributed by atoms with van der Waals surface area (Å²) in [5, 5.41) is 6.11. The number of carbonyl (C=O) groups is 1. The summed E-state index contributed by atoms with van der Waals surface area (Å²) in [7, 11) is 0. The van der Waals surface area contributed by atoms with Gasteiger partial charge in [-0.25, -0.2) is 4.98 Å². The number of nitrogens with two attached hydrogens (primary N) is 1. The van der Waals surface area contributed by atoms with Gasteiger partial charge in [0.1, 0.15) is 5.82 Å². The van der Waals surface area contributed by atoms with E-state index in [4.69, 9.17) is 5.73 Å². The van der Waals surface area contributed by atoms with Crippen LogP contribution in [0.4, 0.5) is 11.5 Å². The molecule has 1 aliphatic heterocycles. The molecule has 0 saturated heterocycles. The Morgan fingerprint density at radius 3 is 2.85 bits per heavy atom. The van der Waals surface area contributed by atoms with E-state index in [1.54, 1.807) is 12.4 Å². The first-order chi connectivity index (χ1) is 13.2. The Labute approximate surface area is 157 Å². The minimum Gasteiger partial charge on any atom is -0.367 e. The van der Waals surface area contributed by atoms with Crippen molar-refractivity contribution >= 4 is 17.4 Å². The van der Waals surface area contributed by atoms with Gasteiger partial charge in [0.25, 0.3) is 0 Å². The number of aromatic nitrogens is 2. The van der Waals surface area contributed by atoms with E-state index in [-0.39, 0.29) is 11.9 Å². The van der Waals surface area contributed by atoms with Crippen molar-refractivity contribution in [2.45, 2.75) is 18.9 Å². The second kappa shape index (κ2) is 7.55. The van der Waals surface area contributed by atoms with Crippen molar-refractivity contribution < 1.29 is 4.79 Å². The Balaban J connectivity index is 1.42. The van der Waals surface area contributed by atoms with Crippen LogP contribution in [-0.2, 0) is 17.6 Å². The number of amides is 1. The SMILES string of the molecule is N[C@H](CNc1cncc(-c2ccc3c(c2)CC(=O)N3)n1)Cc1ccccc1. The summed E-state index contributed by atoms with van der Waals surface area (Å²) in [5.74, 6) is 0.710. The van der Waals surface area contributed by atoms with Crippen molar-refractivity contribution in [3.63, 3.8) is 0 Å². The predicted molar refractivity (Wildman–Crippen MR) is 106 cm³/mol. The molecule has 0 spiro atoms. The predicted octanol–water partition coefficient (Wildman–Crippen LogP) is 2.62. The Kier molecular flexibility index (Phi) is 4.80. The molecule has 136 valence electrons. The summed E-state index contributed by atoms with van der Waals surface area (Å²) in [4.78, 5) is 20.4. The van der Waals surface area contributed by atoms with E-state index in [1.165, 1.54) is 5.56 Å². The van der Waals surface area contributed by atoms with E-state index in [2.05, 4.69) is 32.7 Å². The monoisotopic (exact) mass is 359 g/mol. The number of hydrogen-bond acceptors (Lipinski definition) is 5. The van der Waals surface area contributed by atoms with E-state index >= 15 is 0 Å². The minimum absolute atomic E-state index is 0.0186. The molecule has 2 heterocycles. The Morgan fingerprint density at radius 1 is 1.15 bits per heavy atom. The zero-order chi connectivity index (χ0) is 18.6. The van der Waals surface area contributed by atoms with Crippen molar-refractivity contribution in [2.75, 3.05) is 17.2 Å². The van der Waals surface area contributed by atoms with Crippen LogP contribution in [0.15, 0.2) is 60.9 Å². The van der Waals surface area contributed by atoms with Gasteiger partial charge >= 0.3 is 0 Å². The van der Waals surface area contributed by atoms with Crippen molar-refractivity contribution in [2.24, 2.45) is 5.73 Å². The number of nitrogens with one attached hydrogen (secondary N) is 2. The van der Waals surface area contributed by atoms with E-state index in [0.717, 1.165) is 28.9 Å². The quantitative estimate of drug-likeness (QED) is 0.629. The number of carbonyl (C=O) groups excluding carboxylic acids is 1. The zero-order valence-corrected chi connectivity index (χ0v) is 14.9. The van der Waals surface area contributed by atoms with Gasteiger partial charge in [-0.1, -0.05) is 36.4 Å². The molecule has 0 unspecified atom stereocenters. The first-order valence-electron chi connectivity index (χ1n) is 8.96. The van der Waals surface area contributed by atoms with Crippen LogP contribution in [0.2, 0.25) is 0 Å². The number of fused-ring (bicyclic) bond motifs is 1. The standard InChI is InChI=1S/C21H21N5O/c22-17(8-14-4-2-1-3-5-14)11-24-20-13-23-12-19(25-20)15-6-7-18-16(9-15)10-21(27)26-18/h1-7,9,12-13,17H,8,10-11,22H2,(H,24,25)(H,26,27)/t17-/m0/s1. The summed E-state index contributed by atoms with van der Waals surface area (Å²) in [5.41, 5.74) is 11.0. The van der Waals surface area contributed by atoms with E-state index in [9.17, 15) is 4.79 Å². The van der Waals surface area contributed by atoms with E-state index in [1.807, 2.05) is 36.4 Å². The fourth-order valence-corrected chi connectivity index (χ4v) is 3.20. The largest absolute Gasteiger partial charge is 0.367 e. The minimum atomic E-state index is -0.0186. The summed E-state index contributed by atoms with van der Waals surface area (Å²) >= 11 is 0. The fourth-order valence-electron chi connectivity index (χ4n) is 3.20. The van der Waals surface area contributed by atoms with Crippen molar-refractivity contribution in [1.29, 1.82) is 0 Å². The topological polar surface area (TPSA) is 92.9 Å². The zero-order valence-electron chi connectivity index (χ0n) is 14.9. The van der Waals surface area contributed by atoms with E-state index < -0.39 is 0 Å². The Bertz CT molecular complexity index is 958. The van der Waals surface area contributed by atoms with Crippen molar-refractivity contribution in [3.05, 3.63) is 72.1 Å². The lowest BCUT2D eigenvalue weighted by molar-refractivity contribution is -0.115. The number of nitrogens with zero attached hydrogens (tertiary/aromatic N) is 2. The molecule has 1 atom stereocenters. The van der Waals surface area contributed by atoms with Crippen LogP contribution in [-0.4, -0.2) is 28.5 Å². The van der Waals surface area contributed by atoms with Gasteiger partial charge in [-0.2, -0.15) is 0 Å². The molecule has 2 aromatic carbocycles. The summed E-state index contributed by atoms with van der Waals surface area (Å²) in [6, 6.07) is 16.0. The summed E-state index contributed by atoms with van der Waals surface area (Å²) in [6.07, 6.45) is 4.62. The summed E-state index contributed by atoms with van der Waals surface area (Å²) < 4.78 is 0. The molecule has 0 aliphatic carbocycles. The molecule has 0 bridgehead atoms. The van der Waals surface area contributed by atoms with E-state index in [0.29, 0.717) is 18.8 Å². The third-order valence-electron chi connectivity index (χ3n) is 4.55. The van der Waals surface area contributed by atoms with Gasteiger partial charge in [0.2, 0.25) is 5.91 Å². The van der Waals surface area contributed by atoms with Crippen molar-refractivity contribution in [1.82, 2.24) is 9.97 Å². The normalized spacial score (nSPS) is 13.7.